The Labute approximate surface area is 118 Å². The topological polar surface area (TPSA) is 110 Å². The zero-order chi connectivity index (χ0) is 14.3. The average molecular weight is 327 g/mol. The van der Waals surface area contributed by atoms with E-state index >= 15 is 0 Å². The summed E-state index contributed by atoms with van der Waals surface area (Å²) in [5, 5.41) is 19.7. The molecule has 1 saturated carbocycles. The maximum atomic E-state index is 11.9. The molecule has 0 aliphatic heterocycles. The summed E-state index contributed by atoms with van der Waals surface area (Å²) in [5.74, 6) is 0. The van der Waals surface area contributed by atoms with Gasteiger partial charge in [0, 0.05) is 24.6 Å². The normalized spacial score (nSPS) is 17.4. The zero-order valence-corrected chi connectivity index (χ0v) is 12.0. The van der Waals surface area contributed by atoms with Crippen molar-refractivity contribution >= 4 is 38.6 Å². The quantitative estimate of drug-likeness (QED) is 0.606. The predicted octanol–water partition coefficient (Wildman–Crippen LogP) is 1.36. The SMILES string of the molecule is O=[N+]([O-])c1cc(S(=O)(=O)NCC2(CO)CC2)sc1Cl. The van der Waals surface area contributed by atoms with Crippen LogP contribution in [0, 0.1) is 15.5 Å². The van der Waals surface area contributed by atoms with Crippen LogP contribution in [0.5, 0.6) is 0 Å². The van der Waals surface area contributed by atoms with Crippen LogP contribution in [-0.2, 0) is 10.0 Å². The molecule has 19 heavy (non-hydrogen) atoms. The average Bonchev–Trinajstić information content (AvgIpc) is 3.02. The predicted molar refractivity (Wildman–Crippen MR) is 69.9 cm³/mol. The molecule has 1 aromatic rings. The molecule has 0 aromatic carbocycles. The molecular formula is C9H11ClN2O5S2. The summed E-state index contributed by atoms with van der Waals surface area (Å²) < 4.78 is 25.9. The van der Waals surface area contributed by atoms with Crippen LogP contribution >= 0.6 is 22.9 Å². The molecule has 2 rings (SSSR count). The van der Waals surface area contributed by atoms with E-state index in [-0.39, 0.29) is 27.1 Å². The molecule has 0 bridgehead atoms. The van der Waals surface area contributed by atoms with Gasteiger partial charge in [0.25, 0.3) is 5.69 Å². The van der Waals surface area contributed by atoms with Crippen molar-refractivity contribution in [2.75, 3.05) is 13.2 Å². The molecule has 1 aliphatic rings. The smallest absolute Gasteiger partial charge is 0.300 e. The van der Waals surface area contributed by atoms with Gasteiger partial charge in [-0.2, -0.15) is 0 Å². The van der Waals surface area contributed by atoms with Gasteiger partial charge >= 0.3 is 0 Å². The molecule has 2 N–H and O–H groups in total. The fourth-order valence-electron chi connectivity index (χ4n) is 1.48. The Morgan fingerprint density at radius 2 is 2.21 bits per heavy atom. The van der Waals surface area contributed by atoms with E-state index in [1.807, 2.05) is 0 Å². The summed E-state index contributed by atoms with van der Waals surface area (Å²) in [4.78, 5) is 9.89. The Morgan fingerprint density at radius 1 is 1.58 bits per heavy atom. The van der Waals surface area contributed by atoms with E-state index < -0.39 is 20.6 Å². The van der Waals surface area contributed by atoms with Gasteiger partial charge in [-0.15, -0.1) is 11.3 Å². The number of rotatable bonds is 6. The van der Waals surface area contributed by atoms with Gasteiger partial charge in [0.05, 0.1) is 4.92 Å². The van der Waals surface area contributed by atoms with E-state index in [0.29, 0.717) is 11.3 Å². The first-order valence-electron chi connectivity index (χ1n) is 5.34. The molecule has 0 saturated heterocycles. The maximum Gasteiger partial charge on any atom is 0.300 e. The fourth-order valence-corrected chi connectivity index (χ4v) is 4.35. The second-order valence-corrected chi connectivity index (χ2v) is 8.11. The first-order chi connectivity index (χ1) is 8.80. The lowest BCUT2D eigenvalue weighted by molar-refractivity contribution is -0.384. The summed E-state index contributed by atoms with van der Waals surface area (Å²) in [6, 6.07) is 0.938. The van der Waals surface area contributed by atoms with Gasteiger partial charge in [0.1, 0.15) is 4.21 Å². The van der Waals surface area contributed by atoms with Gasteiger partial charge < -0.3 is 5.11 Å². The second kappa shape index (κ2) is 4.98. The Balaban J connectivity index is 2.15. The number of halogens is 1. The van der Waals surface area contributed by atoms with Crippen LogP contribution in [-0.4, -0.2) is 31.6 Å². The van der Waals surface area contributed by atoms with Crippen LogP contribution in [0.3, 0.4) is 0 Å². The number of sulfonamides is 1. The summed E-state index contributed by atoms with van der Waals surface area (Å²) >= 11 is 6.26. The number of nitrogens with one attached hydrogen (secondary N) is 1. The van der Waals surface area contributed by atoms with E-state index in [1.165, 1.54) is 0 Å². The number of aliphatic hydroxyl groups is 1. The molecule has 106 valence electrons. The third-order valence-electron chi connectivity index (χ3n) is 3.04. The lowest BCUT2D eigenvalue weighted by Gasteiger charge is -2.11. The number of thiophene rings is 1. The van der Waals surface area contributed by atoms with Crippen LogP contribution in [0.15, 0.2) is 10.3 Å². The Hall–Kier alpha value is -0.740. The highest BCUT2D eigenvalue weighted by molar-refractivity contribution is 7.91. The Bertz CT molecular complexity index is 608. The van der Waals surface area contributed by atoms with Gasteiger partial charge in [-0.05, 0) is 12.8 Å². The van der Waals surface area contributed by atoms with Crippen molar-refractivity contribution in [3.63, 3.8) is 0 Å². The van der Waals surface area contributed by atoms with Gasteiger partial charge in [-0.25, -0.2) is 13.1 Å². The third-order valence-corrected chi connectivity index (χ3v) is 6.25. The van der Waals surface area contributed by atoms with Crippen molar-refractivity contribution < 1.29 is 18.4 Å². The van der Waals surface area contributed by atoms with Crippen molar-refractivity contribution in [3.05, 3.63) is 20.5 Å². The van der Waals surface area contributed by atoms with Crippen LogP contribution in [0.1, 0.15) is 12.8 Å². The monoisotopic (exact) mass is 326 g/mol. The van der Waals surface area contributed by atoms with E-state index in [0.717, 1.165) is 18.9 Å². The van der Waals surface area contributed by atoms with Crippen LogP contribution < -0.4 is 4.72 Å². The third kappa shape index (κ3) is 3.06. The zero-order valence-electron chi connectivity index (χ0n) is 9.63. The largest absolute Gasteiger partial charge is 0.396 e. The molecule has 1 heterocycles. The first kappa shape index (κ1) is 14.7. The summed E-state index contributed by atoms with van der Waals surface area (Å²) in [6.45, 7) is 0.0377. The van der Waals surface area contributed by atoms with E-state index in [9.17, 15) is 18.5 Å². The summed E-state index contributed by atoms with van der Waals surface area (Å²) in [7, 11) is -3.83. The van der Waals surface area contributed by atoms with Crippen LogP contribution in [0.4, 0.5) is 5.69 Å². The first-order valence-corrected chi connectivity index (χ1v) is 8.02. The van der Waals surface area contributed by atoms with E-state index in [4.69, 9.17) is 16.7 Å². The highest BCUT2D eigenvalue weighted by Gasteiger charge is 2.43. The van der Waals surface area contributed by atoms with E-state index in [2.05, 4.69) is 4.72 Å². The van der Waals surface area contributed by atoms with Gasteiger partial charge in [0.15, 0.2) is 4.34 Å². The highest BCUT2D eigenvalue weighted by Crippen LogP contribution is 2.44. The molecule has 0 radical (unpaired) electrons. The number of hydrogen-bond donors (Lipinski definition) is 2. The van der Waals surface area contributed by atoms with Crippen molar-refractivity contribution in [2.24, 2.45) is 5.41 Å². The highest BCUT2D eigenvalue weighted by atomic mass is 35.5. The molecule has 1 fully saturated rings. The summed E-state index contributed by atoms with van der Waals surface area (Å²) in [5.41, 5.74) is -0.796. The fraction of sp³-hybridized carbons (Fsp3) is 0.556. The molecule has 10 heteroatoms. The van der Waals surface area contributed by atoms with Crippen molar-refractivity contribution in [1.29, 1.82) is 0 Å². The van der Waals surface area contributed by atoms with Crippen molar-refractivity contribution in [1.82, 2.24) is 4.72 Å². The molecular weight excluding hydrogens is 316 g/mol. The second-order valence-electron chi connectivity index (χ2n) is 4.46. The minimum atomic E-state index is -3.83. The lowest BCUT2D eigenvalue weighted by Crippen LogP contribution is -2.31. The molecule has 1 aliphatic carbocycles. The van der Waals surface area contributed by atoms with Crippen LogP contribution in [0.2, 0.25) is 4.34 Å². The molecule has 1 aromatic heterocycles. The number of nitrogens with zero attached hydrogens (tertiary/aromatic N) is 1. The number of aliphatic hydroxyl groups excluding tert-OH is 1. The van der Waals surface area contributed by atoms with E-state index in [1.54, 1.807) is 0 Å². The van der Waals surface area contributed by atoms with Crippen molar-refractivity contribution in [2.45, 2.75) is 17.1 Å². The maximum absolute atomic E-state index is 11.9. The molecule has 0 amide bonds. The lowest BCUT2D eigenvalue weighted by atomic mass is 10.1. The number of nitro groups is 1. The van der Waals surface area contributed by atoms with Gasteiger partial charge in [-0.1, -0.05) is 11.6 Å². The Morgan fingerprint density at radius 3 is 2.63 bits per heavy atom. The van der Waals surface area contributed by atoms with Crippen molar-refractivity contribution in [3.8, 4) is 0 Å². The minimum absolute atomic E-state index is 0.0825. The molecule has 0 atom stereocenters. The van der Waals surface area contributed by atoms with Gasteiger partial charge in [-0.3, -0.25) is 10.1 Å². The molecule has 7 nitrogen and oxygen atoms in total. The minimum Gasteiger partial charge on any atom is -0.396 e. The number of hydrogen-bond acceptors (Lipinski definition) is 6. The summed E-state index contributed by atoms with van der Waals surface area (Å²) in [6.07, 6.45) is 1.52. The standard InChI is InChI=1S/C9H11ClN2O5S2/c10-8-6(12(14)15)3-7(18-8)19(16,17)11-4-9(5-13)1-2-9/h3,11,13H,1-2,4-5H2. The molecule has 0 spiro atoms. The van der Waals surface area contributed by atoms with Gasteiger partial charge in [0.2, 0.25) is 10.0 Å². The van der Waals surface area contributed by atoms with Crippen LogP contribution in [0.25, 0.3) is 0 Å². The molecule has 0 unspecified atom stereocenters. The Kier molecular flexibility index (Phi) is 3.85.